The van der Waals surface area contributed by atoms with Crippen molar-refractivity contribution in [2.75, 3.05) is 5.75 Å². The summed E-state index contributed by atoms with van der Waals surface area (Å²) in [6.45, 7) is 1.52. The van der Waals surface area contributed by atoms with E-state index in [4.69, 9.17) is 0 Å². The maximum absolute atomic E-state index is 13.0. The zero-order chi connectivity index (χ0) is 21.8. The fraction of sp³-hybridized carbons (Fsp3) is 0.211. The van der Waals surface area contributed by atoms with E-state index in [2.05, 4.69) is 30.9 Å². The highest BCUT2D eigenvalue weighted by Crippen LogP contribution is 2.36. The highest BCUT2D eigenvalue weighted by atomic mass is 79.9. The summed E-state index contributed by atoms with van der Waals surface area (Å²) < 4.78 is 67.2. The lowest BCUT2D eigenvalue weighted by Gasteiger charge is -2.13. The summed E-state index contributed by atoms with van der Waals surface area (Å²) in [7, 11) is -2.16. The van der Waals surface area contributed by atoms with Crippen LogP contribution in [-0.4, -0.2) is 33.7 Å². The second-order valence-corrected chi connectivity index (χ2v) is 9.66. The van der Waals surface area contributed by atoms with Crippen molar-refractivity contribution in [2.45, 2.75) is 18.0 Å². The van der Waals surface area contributed by atoms with E-state index in [1.54, 1.807) is 25.2 Å². The number of halogens is 4. The van der Waals surface area contributed by atoms with Crippen molar-refractivity contribution >= 4 is 47.6 Å². The molecular formula is C19H14BrF3N4O2S. The normalized spacial score (nSPS) is 12.7. The highest BCUT2D eigenvalue weighted by molar-refractivity contribution is 9.10. The predicted molar refractivity (Wildman–Crippen MR) is 110 cm³/mol. The van der Waals surface area contributed by atoms with Gasteiger partial charge in [-0.25, -0.2) is 18.4 Å². The first kappa shape index (κ1) is 20.7. The first-order valence-electron chi connectivity index (χ1n) is 8.74. The highest BCUT2D eigenvalue weighted by Gasteiger charge is 2.33. The van der Waals surface area contributed by atoms with Crippen LogP contribution in [0, 0.1) is 0 Å². The van der Waals surface area contributed by atoms with E-state index < -0.39 is 21.7 Å². The molecule has 0 spiro atoms. The fourth-order valence-corrected chi connectivity index (χ4v) is 4.96. The van der Waals surface area contributed by atoms with E-state index in [-0.39, 0.29) is 27.7 Å². The number of rotatable bonds is 3. The molecular weight excluding hydrogens is 485 g/mol. The Bertz CT molecular complexity index is 1420. The van der Waals surface area contributed by atoms with Gasteiger partial charge < -0.3 is 4.57 Å². The molecule has 4 aromatic rings. The van der Waals surface area contributed by atoms with Gasteiger partial charge in [-0.05, 0) is 12.1 Å². The van der Waals surface area contributed by atoms with E-state index in [0.717, 1.165) is 12.3 Å². The van der Waals surface area contributed by atoms with E-state index in [1.807, 2.05) is 0 Å². The molecule has 0 radical (unpaired) electrons. The second kappa shape index (κ2) is 7.02. The van der Waals surface area contributed by atoms with E-state index in [9.17, 15) is 21.6 Å². The quantitative estimate of drug-likeness (QED) is 0.407. The van der Waals surface area contributed by atoms with Gasteiger partial charge in [-0.3, -0.25) is 4.98 Å². The molecule has 0 atom stereocenters. The number of sulfone groups is 1. The zero-order valence-electron chi connectivity index (χ0n) is 15.7. The summed E-state index contributed by atoms with van der Waals surface area (Å²) in [6.07, 6.45) is -2.03. The van der Waals surface area contributed by atoms with Gasteiger partial charge in [0.25, 0.3) is 0 Å². The van der Waals surface area contributed by atoms with Gasteiger partial charge in [0, 0.05) is 28.5 Å². The Morgan fingerprint density at radius 1 is 1.13 bits per heavy atom. The molecule has 30 heavy (non-hydrogen) atoms. The van der Waals surface area contributed by atoms with Gasteiger partial charge in [-0.2, -0.15) is 13.2 Å². The van der Waals surface area contributed by atoms with Gasteiger partial charge in [-0.15, -0.1) is 0 Å². The SMILES string of the molecule is CCS(=O)(=O)c1c(-c2nc3cc(C(F)(F)F)ncc3n2C)ncc2c(Br)cccc12. The van der Waals surface area contributed by atoms with Gasteiger partial charge in [0.2, 0.25) is 0 Å². The number of benzene rings is 1. The Balaban J connectivity index is 2.08. The molecule has 4 rings (SSSR count). The molecule has 11 heteroatoms. The average molecular weight is 499 g/mol. The van der Waals surface area contributed by atoms with Crippen LogP contribution in [0.5, 0.6) is 0 Å². The minimum atomic E-state index is -4.62. The lowest BCUT2D eigenvalue weighted by atomic mass is 10.1. The van der Waals surface area contributed by atoms with Crippen LogP contribution in [0.3, 0.4) is 0 Å². The average Bonchev–Trinajstić information content (AvgIpc) is 3.02. The zero-order valence-corrected chi connectivity index (χ0v) is 18.1. The minimum absolute atomic E-state index is 0.00814. The first-order chi connectivity index (χ1) is 14.0. The van der Waals surface area contributed by atoms with Crippen LogP contribution in [0.15, 0.2) is 46.0 Å². The number of aryl methyl sites for hydroxylation is 1. The number of imidazole rings is 1. The van der Waals surface area contributed by atoms with Crippen molar-refractivity contribution in [3.05, 3.63) is 46.8 Å². The van der Waals surface area contributed by atoms with Crippen LogP contribution in [0.25, 0.3) is 33.3 Å². The molecule has 0 saturated heterocycles. The third-order valence-electron chi connectivity index (χ3n) is 4.80. The van der Waals surface area contributed by atoms with Crippen molar-refractivity contribution in [2.24, 2.45) is 7.05 Å². The molecule has 156 valence electrons. The maximum Gasteiger partial charge on any atom is 0.433 e. The second-order valence-electron chi connectivity index (χ2n) is 6.59. The van der Waals surface area contributed by atoms with Crippen molar-refractivity contribution in [3.63, 3.8) is 0 Å². The Morgan fingerprint density at radius 2 is 1.87 bits per heavy atom. The molecule has 3 aromatic heterocycles. The van der Waals surface area contributed by atoms with Crippen LogP contribution in [0.2, 0.25) is 0 Å². The third-order valence-corrected chi connectivity index (χ3v) is 7.28. The summed E-state index contributed by atoms with van der Waals surface area (Å²) >= 11 is 3.40. The molecule has 0 aliphatic carbocycles. The Hall–Kier alpha value is -2.53. The van der Waals surface area contributed by atoms with Crippen molar-refractivity contribution in [3.8, 4) is 11.5 Å². The smallest absolute Gasteiger partial charge is 0.324 e. The Morgan fingerprint density at radius 3 is 2.53 bits per heavy atom. The number of fused-ring (bicyclic) bond motifs is 2. The van der Waals surface area contributed by atoms with E-state index in [0.29, 0.717) is 20.8 Å². The lowest BCUT2D eigenvalue weighted by molar-refractivity contribution is -0.141. The molecule has 0 bridgehead atoms. The van der Waals surface area contributed by atoms with Crippen molar-refractivity contribution in [1.82, 2.24) is 19.5 Å². The summed E-state index contributed by atoms with van der Waals surface area (Å²) in [5.74, 6) is -0.0307. The minimum Gasteiger partial charge on any atom is -0.324 e. The van der Waals surface area contributed by atoms with Crippen LogP contribution < -0.4 is 0 Å². The number of nitrogens with zero attached hydrogens (tertiary/aromatic N) is 4. The molecule has 0 N–H and O–H groups in total. The molecule has 0 aliphatic rings. The number of aromatic nitrogens is 4. The van der Waals surface area contributed by atoms with E-state index in [1.165, 1.54) is 17.7 Å². The molecule has 0 fully saturated rings. The van der Waals surface area contributed by atoms with E-state index >= 15 is 0 Å². The van der Waals surface area contributed by atoms with Gasteiger partial charge in [0.1, 0.15) is 16.3 Å². The van der Waals surface area contributed by atoms with Gasteiger partial charge in [0.15, 0.2) is 15.7 Å². The molecule has 0 aliphatic heterocycles. The van der Waals surface area contributed by atoms with Crippen LogP contribution in [0.4, 0.5) is 13.2 Å². The number of hydrogen-bond donors (Lipinski definition) is 0. The standard InChI is InChI=1S/C19H14BrF3N4O2S/c1-3-30(28,29)17-10-5-4-6-12(20)11(10)8-25-16(17)18-26-13-7-15(19(21,22)23)24-9-14(13)27(18)2/h4-9H,3H2,1-2H3. The summed E-state index contributed by atoms with van der Waals surface area (Å²) in [4.78, 5) is 12.1. The van der Waals surface area contributed by atoms with Gasteiger partial charge in [0.05, 0.1) is 23.0 Å². The van der Waals surface area contributed by atoms with Gasteiger partial charge in [-0.1, -0.05) is 35.0 Å². The Kier molecular flexibility index (Phi) is 4.85. The number of pyridine rings is 2. The molecule has 0 unspecified atom stereocenters. The van der Waals surface area contributed by atoms with Crippen molar-refractivity contribution < 1.29 is 21.6 Å². The maximum atomic E-state index is 13.0. The summed E-state index contributed by atoms with van der Waals surface area (Å²) in [6, 6.07) is 5.98. The predicted octanol–water partition coefficient (Wildman–Crippen LogP) is 4.76. The van der Waals surface area contributed by atoms with Gasteiger partial charge >= 0.3 is 6.18 Å². The van der Waals surface area contributed by atoms with Crippen LogP contribution in [0.1, 0.15) is 12.6 Å². The summed E-state index contributed by atoms with van der Waals surface area (Å²) in [5, 5.41) is 1.06. The molecule has 3 heterocycles. The lowest BCUT2D eigenvalue weighted by Crippen LogP contribution is -2.09. The van der Waals surface area contributed by atoms with Crippen LogP contribution in [-0.2, 0) is 23.1 Å². The number of hydrogen-bond acceptors (Lipinski definition) is 5. The molecule has 0 amide bonds. The Labute approximate surface area is 177 Å². The van der Waals surface area contributed by atoms with Crippen molar-refractivity contribution in [1.29, 1.82) is 0 Å². The molecule has 0 saturated carbocycles. The van der Waals surface area contributed by atoms with Crippen LogP contribution >= 0.6 is 15.9 Å². The topological polar surface area (TPSA) is 77.7 Å². The number of alkyl halides is 3. The monoisotopic (exact) mass is 498 g/mol. The fourth-order valence-electron chi connectivity index (χ4n) is 3.26. The summed E-state index contributed by atoms with van der Waals surface area (Å²) in [5.41, 5.74) is -0.619. The molecule has 6 nitrogen and oxygen atoms in total. The molecule has 1 aromatic carbocycles. The first-order valence-corrected chi connectivity index (χ1v) is 11.2. The largest absolute Gasteiger partial charge is 0.433 e. The third kappa shape index (κ3) is 3.25.